The molecular weight excluding hydrogens is 356 g/mol. The normalized spacial score (nSPS) is 10.7. The molecule has 0 bridgehead atoms. The van der Waals surface area contributed by atoms with Crippen LogP contribution >= 0.6 is 0 Å². The number of benzene rings is 1. The SMILES string of the molecule is Cc1cc(C(=O)COC(=O)c2ccc(N(C)C)cc2)c(C)n1Cc1ccco1. The number of rotatable bonds is 7. The summed E-state index contributed by atoms with van der Waals surface area (Å²) in [4.78, 5) is 26.8. The average molecular weight is 380 g/mol. The fourth-order valence-electron chi connectivity index (χ4n) is 3.07. The van der Waals surface area contributed by atoms with E-state index in [1.807, 2.05) is 67.7 Å². The lowest BCUT2D eigenvalue weighted by Crippen LogP contribution is -2.15. The molecule has 0 saturated heterocycles. The van der Waals surface area contributed by atoms with Gasteiger partial charge in [0.1, 0.15) is 5.76 Å². The first-order chi connectivity index (χ1) is 13.4. The molecule has 3 rings (SSSR count). The van der Waals surface area contributed by atoms with Crippen molar-refractivity contribution in [3.05, 3.63) is 77.0 Å². The molecule has 0 unspecified atom stereocenters. The summed E-state index contributed by atoms with van der Waals surface area (Å²) < 4.78 is 12.6. The first-order valence-corrected chi connectivity index (χ1v) is 9.03. The van der Waals surface area contributed by atoms with Gasteiger partial charge in [-0.2, -0.15) is 0 Å². The molecule has 6 heteroatoms. The molecule has 0 amide bonds. The Kier molecular flexibility index (Phi) is 5.68. The van der Waals surface area contributed by atoms with E-state index < -0.39 is 5.97 Å². The zero-order valence-electron chi connectivity index (χ0n) is 16.6. The molecule has 0 saturated carbocycles. The number of hydrogen-bond donors (Lipinski definition) is 0. The molecule has 146 valence electrons. The monoisotopic (exact) mass is 380 g/mol. The number of aryl methyl sites for hydroxylation is 1. The van der Waals surface area contributed by atoms with Gasteiger partial charge in [0.05, 0.1) is 18.4 Å². The highest BCUT2D eigenvalue weighted by molar-refractivity contribution is 6.00. The van der Waals surface area contributed by atoms with Crippen molar-refractivity contribution in [3.63, 3.8) is 0 Å². The Balaban J connectivity index is 1.65. The van der Waals surface area contributed by atoms with Crippen LogP contribution in [-0.4, -0.2) is 37.0 Å². The van der Waals surface area contributed by atoms with E-state index in [0.29, 0.717) is 17.7 Å². The molecule has 1 aromatic carbocycles. The third-order valence-electron chi connectivity index (χ3n) is 4.72. The fourth-order valence-corrected chi connectivity index (χ4v) is 3.07. The van der Waals surface area contributed by atoms with E-state index in [2.05, 4.69) is 0 Å². The van der Waals surface area contributed by atoms with Gasteiger partial charge in [-0.25, -0.2) is 4.79 Å². The summed E-state index contributed by atoms with van der Waals surface area (Å²) in [6, 6.07) is 12.6. The van der Waals surface area contributed by atoms with Crippen LogP contribution in [0.5, 0.6) is 0 Å². The standard InChI is InChI=1S/C22H24N2O4/c1-15-12-20(16(2)24(15)13-19-6-5-11-27-19)21(25)14-28-22(26)17-7-9-18(10-8-17)23(3)4/h5-12H,13-14H2,1-4H3. The number of nitrogens with zero attached hydrogens (tertiary/aromatic N) is 2. The molecular formula is C22H24N2O4. The first kappa shape index (κ1) is 19.5. The summed E-state index contributed by atoms with van der Waals surface area (Å²) in [5.74, 6) is 0.0773. The number of Topliss-reactive ketones (excluding diaryl/α,β-unsaturated/α-hetero) is 1. The number of esters is 1. The van der Waals surface area contributed by atoms with E-state index >= 15 is 0 Å². The van der Waals surface area contributed by atoms with Crippen LogP contribution in [-0.2, 0) is 11.3 Å². The predicted molar refractivity (Wildman–Crippen MR) is 107 cm³/mol. The van der Waals surface area contributed by atoms with Crippen LogP contribution in [0.3, 0.4) is 0 Å². The minimum atomic E-state index is -0.511. The summed E-state index contributed by atoms with van der Waals surface area (Å²) in [5, 5.41) is 0. The molecule has 28 heavy (non-hydrogen) atoms. The largest absolute Gasteiger partial charge is 0.467 e. The number of ketones is 1. The fraction of sp³-hybridized carbons (Fsp3) is 0.273. The van der Waals surface area contributed by atoms with E-state index in [0.717, 1.165) is 22.8 Å². The molecule has 0 aliphatic heterocycles. The van der Waals surface area contributed by atoms with Crippen molar-refractivity contribution in [1.82, 2.24) is 4.57 Å². The Morgan fingerprint density at radius 3 is 2.43 bits per heavy atom. The molecule has 0 spiro atoms. The van der Waals surface area contributed by atoms with E-state index in [-0.39, 0.29) is 12.4 Å². The minimum Gasteiger partial charge on any atom is -0.467 e. The maximum Gasteiger partial charge on any atom is 0.338 e. The van der Waals surface area contributed by atoms with Gasteiger partial charge < -0.3 is 18.6 Å². The third kappa shape index (κ3) is 4.17. The summed E-state index contributed by atoms with van der Waals surface area (Å²) in [6.45, 7) is 4.07. The van der Waals surface area contributed by atoms with Gasteiger partial charge in [0.2, 0.25) is 5.78 Å². The Morgan fingerprint density at radius 1 is 1.11 bits per heavy atom. The molecule has 2 aromatic heterocycles. The van der Waals surface area contributed by atoms with Crippen LogP contribution in [0.15, 0.2) is 53.1 Å². The zero-order valence-corrected chi connectivity index (χ0v) is 16.6. The number of hydrogen-bond acceptors (Lipinski definition) is 5. The molecule has 6 nitrogen and oxygen atoms in total. The quantitative estimate of drug-likeness (QED) is 0.460. The van der Waals surface area contributed by atoms with E-state index in [4.69, 9.17) is 9.15 Å². The summed E-state index contributed by atoms with van der Waals surface area (Å²) in [5.41, 5.74) is 3.73. The second kappa shape index (κ2) is 8.17. The molecule has 0 aliphatic rings. The molecule has 0 N–H and O–H groups in total. The van der Waals surface area contributed by atoms with E-state index in [1.54, 1.807) is 18.4 Å². The van der Waals surface area contributed by atoms with Crippen LogP contribution in [0.25, 0.3) is 0 Å². The Bertz CT molecular complexity index is 967. The lowest BCUT2D eigenvalue weighted by atomic mass is 10.1. The van der Waals surface area contributed by atoms with Crippen molar-refractivity contribution in [2.75, 3.05) is 25.6 Å². The van der Waals surface area contributed by atoms with E-state index in [9.17, 15) is 9.59 Å². The van der Waals surface area contributed by atoms with Gasteiger partial charge in [-0.05, 0) is 56.3 Å². The maximum atomic E-state index is 12.6. The molecule has 0 radical (unpaired) electrons. The minimum absolute atomic E-state index is 0.225. The topological polar surface area (TPSA) is 64.7 Å². The highest BCUT2D eigenvalue weighted by atomic mass is 16.5. The number of anilines is 1. The number of furan rings is 1. The predicted octanol–water partition coefficient (Wildman–Crippen LogP) is 3.85. The molecule has 3 aromatic rings. The van der Waals surface area contributed by atoms with Gasteiger partial charge in [0.15, 0.2) is 6.61 Å². The summed E-state index contributed by atoms with van der Waals surface area (Å²) in [6.07, 6.45) is 1.63. The van der Waals surface area contributed by atoms with Gasteiger partial charge in [0, 0.05) is 36.7 Å². The molecule has 0 fully saturated rings. The van der Waals surface area contributed by atoms with Crippen LogP contribution < -0.4 is 4.90 Å². The second-order valence-electron chi connectivity index (χ2n) is 6.89. The highest BCUT2D eigenvalue weighted by Gasteiger charge is 2.18. The van der Waals surface area contributed by atoms with Gasteiger partial charge in [-0.15, -0.1) is 0 Å². The number of carbonyl (C=O) groups excluding carboxylic acids is 2. The van der Waals surface area contributed by atoms with Crippen LogP contribution in [0.1, 0.15) is 37.9 Å². The van der Waals surface area contributed by atoms with Crippen molar-refractivity contribution in [2.45, 2.75) is 20.4 Å². The van der Waals surface area contributed by atoms with Crippen LogP contribution in [0.4, 0.5) is 5.69 Å². The van der Waals surface area contributed by atoms with Gasteiger partial charge in [0.25, 0.3) is 0 Å². The van der Waals surface area contributed by atoms with Crippen molar-refractivity contribution >= 4 is 17.4 Å². The Morgan fingerprint density at radius 2 is 1.82 bits per heavy atom. The lowest BCUT2D eigenvalue weighted by Gasteiger charge is -2.12. The number of aromatic nitrogens is 1. The van der Waals surface area contributed by atoms with Crippen molar-refractivity contribution in [3.8, 4) is 0 Å². The summed E-state index contributed by atoms with van der Waals surface area (Å²) >= 11 is 0. The maximum absolute atomic E-state index is 12.6. The third-order valence-corrected chi connectivity index (χ3v) is 4.72. The second-order valence-corrected chi connectivity index (χ2v) is 6.89. The van der Waals surface area contributed by atoms with Gasteiger partial charge in [-0.3, -0.25) is 4.79 Å². The van der Waals surface area contributed by atoms with Crippen molar-refractivity contribution in [1.29, 1.82) is 0 Å². The Hall–Kier alpha value is -3.28. The molecule has 2 heterocycles. The smallest absolute Gasteiger partial charge is 0.338 e. The van der Waals surface area contributed by atoms with Crippen molar-refractivity contribution in [2.24, 2.45) is 0 Å². The van der Waals surface area contributed by atoms with E-state index in [1.165, 1.54) is 0 Å². The first-order valence-electron chi connectivity index (χ1n) is 9.03. The Labute approximate surface area is 164 Å². The average Bonchev–Trinajstić information content (AvgIpc) is 3.29. The van der Waals surface area contributed by atoms with Crippen molar-refractivity contribution < 1.29 is 18.7 Å². The molecule has 0 atom stereocenters. The van der Waals surface area contributed by atoms with Gasteiger partial charge in [-0.1, -0.05) is 0 Å². The lowest BCUT2D eigenvalue weighted by molar-refractivity contribution is 0.0474. The number of ether oxygens (including phenoxy) is 1. The number of carbonyl (C=O) groups is 2. The van der Waals surface area contributed by atoms with Crippen LogP contribution in [0, 0.1) is 13.8 Å². The zero-order chi connectivity index (χ0) is 20.3. The summed E-state index contributed by atoms with van der Waals surface area (Å²) in [7, 11) is 3.85. The van der Waals surface area contributed by atoms with Gasteiger partial charge >= 0.3 is 5.97 Å². The molecule has 0 aliphatic carbocycles. The van der Waals surface area contributed by atoms with Crippen LogP contribution in [0.2, 0.25) is 0 Å². The highest BCUT2D eigenvalue weighted by Crippen LogP contribution is 2.19.